The summed E-state index contributed by atoms with van der Waals surface area (Å²) in [6, 6.07) is 8.72. The van der Waals surface area contributed by atoms with Gasteiger partial charge < -0.3 is 9.84 Å². The average molecular weight is 442 g/mol. The lowest BCUT2D eigenvalue weighted by molar-refractivity contribution is -0.127. The number of anilines is 1. The fourth-order valence-corrected chi connectivity index (χ4v) is 4.96. The summed E-state index contributed by atoms with van der Waals surface area (Å²) >= 11 is 5.90. The van der Waals surface area contributed by atoms with Crippen LogP contribution < -0.4 is 9.64 Å². The fraction of sp³-hybridized carbons (Fsp3) is 0.250. The zero-order valence-electron chi connectivity index (χ0n) is 17.1. The van der Waals surface area contributed by atoms with Crippen LogP contribution >= 0.6 is 11.6 Å². The van der Waals surface area contributed by atoms with Crippen molar-refractivity contribution in [1.82, 2.24) is 0 Å². The number of benzene rings is 2. The van der Waals surface area contributed by atoms with E-state index >= 15 is 0 Å². The molecule has 0 saturated carbocycles. The lowest BCUT2D eigenvalue weighted by atomic mass is 9.60. The van der Waals surface area contributed by atoms with Crippen molar-refractivity contribution in [2.45, 2.75) is 19.3 Å². The molecule has 1 fully saturated rings. The molecule has 4 rings (SSSR count). The molecule has 0 spiro atoms. The smallest absolute Gasteiger partial charge is 0.241 e. The Morgan fingerprint density at radius 2 is 2.03 bits per heavy atom. The van der Waals surface area contributed by atoms with Gasteiger partial charge in [0.1, 0.15) is 5.82 Å². The minimum absolute atomic E-state index is 0.0620. The van der Waals surface area contributed by atoms with Crippen LogP contribution in [0, 0.1) is 17.2 Å². The third-order valence-corrected chi connectivity index (χ3v) is 6.65. The molecular formula is C24H21ClFNO4. The molecule has 0 unspecified atom stereocenters. The largest absolute Gasteiger partial charge is 0.504 e. The van der Waals surface area contributed by atoms with E-state index in [9.17, 15) is 19.1 Å². The SMILES string of the molecule is C=CC1=CC[C@H]2C(=O)N(c3ccc(F)c(Cl)c3)C(=O)[C@@]2(C)[C@H]1c1ccc(OC)c(O)c1. The Labute approximate surface area is 184 Å². The number of fused-ring (bicyclic) bond motifs is 1. The molecule has 1 heterocycles. The van der Waals surface area contributed by atoms with E-state index in [-0.39, 0.29) is 22.4 Å². The van der Waals surface area contributed by atoms with Gasteiger partial charge in [0.2, 0.25) is 11.8 Å². The molecule has 7 heteroatoms. The van der Waals surface area contributed by atoms with Gasteiger partial charge in [-0.2, -0.15) is 0 Å². The van der Waals surface area contributed by atoms with Gasteiger partial charge in [-0.1, -0.05) is 36.4 Å². The minimum Gasteiger partial charge on any atom is -0.504 e. The van der Waals surface area contributed by atoms with Crippen LogP contribution in [0.25, 0.3) is 0 Å². The molecule has 31 heavy (non-hydrogen) atoms. The number of imide groups is 1. The number of hydrogen-bond acceptors (Lipinski definition) is 4. The maximum Gasteiger partial charge on any atom is 0.241 e. The Hall–Kier alpha value is -3.12. The Kier molecular flexibility index (Phi) is 5.13. The maximum absolute atomic E-state index is 13.7. The number of rotatable bonds is 4. The molecule has 5 nitrogen and oxygen atoms in total. The van der Waals surface area contributed by atoms with E-state index in [0.29, 0.717) is 17.7 Å². The molecule has 160 valence electrons. The first kappa shape index (κ1) is 21.1. The number of ether oxygens (including phenoxy) is 1. The molecule has 1 N–H and O–H groups in total. The summed E-state index contributed by atoms with van der Waals surface area (Å²) in [5, 5.41) is 10.2. The third kappa shape index (κ3) is 3.05. The second-order valence-electron chi connectivity index (χ2n) is 7.92. The number of hydrogen-bond donors (Lipinski definition) is 1. The normalized spacial score (nSPS) is 25.3. The minimum atomic E-state index is -1.13. The average Bonchev–Trinajstić information content (AvgIpc) is 2.95. The summed E-state index contributed by atoms with van der Waals surface area (Å²) in [6.45, 7) is 5.64. The Morgan fingerprint density at radius 1 is 1.29 bits per heavy atom. The molecule has 1 aliphatic carbocycles. The van der Waals surface area contributed by atoms with Crippen LogP contribution in [-0.2, 0) is 9.59 Å². The number of carbonyl (C=O) groups is 2. The molecule has 2 amide bonds. The van der Waals surface area contributed by atoms with Crippen LogP contribution in [0.1, 0.15) is 24.8 Å². The van der Waals surface area contributed by atoms with Gasteiger partial charge in [-0.3, -0.25) is 9.59 Å². The van der Waals surface area contributed by atoms with Gasteiger partial charge in [-0.15, -0.1) is 0 Å². The van der Waals surface area contributed by atoms with Gasteiger partial charge in [0.05, 0.1) is 29.2 Å². The number of aromatic hydroxyl groups is 1. The molecule has 2 aliphatic rings. The number of phenols is 1. The van der Waals surface area contributed by atoms with Crippen molar-refractivity contribution in [1.29, 1.82) is 0 Å². The first-order valence-electron chi connectivity index (χ1n) is 9.76. The molecule has 0 radical (unpaired) electrons. The molecule has 3 atom stereocenters. The Bertz CT molecular complexity index is 1140. The topological polar surface area (TPSA) is 66.8 Å². The van der Waals surface area contributed by atoms with Gasteiger partial charge in [0, 0.05) is 5.92 Å². The molecular weight excluding hydrogens is 421 g/mol. The van der Waals surface area contributed by atoms with E-state index in [1.807, 2.05) is 6.08 Å². The molecule has 1 aliphatic heterocycles. The molecule has 0 aromatic heterocycles. The number of phenolic OH excluding ortho intramolecular Hbond substituents is 1. The molecule has 1 saturated heterocycles. The summed E-state index contributed by atoms with van der Waals surface area (Å²) < 4.78 is 18.8. The van der Waals surface area contributed by atoms with Crippen molar-refractivity contribution in [2.75, 3.05) is 12.0 Å². The van der Waals surface area contributed by atoms with E-state index < -0.39 is 29.0 Å². The van der Waals surface area contributed by atoms with E-state index in [1.165, 1.54) is 19.2 Å². The van der Waals surface area contributed by atoms with Crippen LogP contribution in [0.3, 0.4) is 0 Å². The summed E-state index contributed by atoms with van der Waals surface area (Å²) in [5.74, 6) is -2.29. The van der Waals surface area contributed by atoms with Gasteiger partial charge in [-0.05, 0) is 54.8 Å². The van der Waals surface area contributed by atoms with Crippen molar-refractivity contribution >= 4 is 29.1 Å². The van der Waals surface area contributed by atoms with Crippen molar-refractivity contribution < 1.29 is 23.8 Å². The summed E-state index contributed by atoms with van der Waals surface area (Å²) in [5.41, 5.74) is 0.561. The standard InChI is InChI=1S/C24H21ClFNO4/c1-4-13-5-8-16-22(29)27(15-7-9-18(26)17(25)12-15)23(30)24(16,2)21(13)14-6-10-20(31-3)19(28)11-14/h4-7,9-12,16,21,28H,1,8H2,2-3H3/t16-,21+,24+/m0/s1. The summed E-state index contributed by atoms with van der Waals surface area (Å²) in [4.78, 5) is 28.2. The van der Waals surface area contributed by atoms with Crippen LogP contribution in [0.15, 0.2) is 60.7 Å². The van der Waals surface area contributed by atoms with Gasteiger partial charge >= 0.3 is 0 Å². The molecule has 2 aromatic carbocycles. The third-order valence-electron chi connectivity index (χ3n) is 6.36. The van der Waals surface area contributed by atoms with Crippen LogP contribution in [0.2, 0.25) is 5.02 Å². The number of carbonyl (C=O) groups excluding carboxylic acids is 2. The predicted molar refractivity (Wildman–Crippen MR) is 116 cm³/mol. The lowest BCUT2D eigenvalue weighted by Gasteiger charge is -2.40. The first-order chi connectivity index (χ1) is 14.7. The van der Waals surface area contributed by atoms with Gasteiger partial charge in [0.15, 0.2) is 11.5 Å². The first-order valence-corrected chi connectivity index (χ1v) is 10.1. The van der Waals surface area contributed by atoms with Crippen molar-refractivity contribution in [2.24, 2.45) is 11.3 Å². The highest BCUT2D eigenvalue weighted by Gasteiger charge is 2.62. The molecule has 0 bridgehead atoms. The highest BCUT2D eigenvalue weighted by atomic mass is 35.5. The second kappa shape index (κ2) is 7.54. The zero-order valence-corrected chi connectivity index (χ0v) is 17.8. The van der Waals surface area contributed by atoms with Gasteiger partial charge in [0.25, 0.3) is 0 Å². The maximum atomic E-state index is 13.7. The highest BCUT2D eigenvalue weighted by molar-refractivity contribution is 6.31. The number of allylic oxidation sites excluding steroid dienone is 3. The number of halogens is 2. The predicted octanol–water partition coefficient (Wildman–Crippen LogP) is 4.99. The number of nitrogens with zero attached hydrogens (tertiary/aromatic N) is 1. The van der Waals surface area contributed by atoms with E-state index in [4.69, 9.17) is 16.3 Å². The quantitative estimate of drug-likeness (QED) is 0.679. The Balaban J connectivity index is 1.86. The number of methoxy groups -OCH3 is 1. The van der Waals surface area contributed by atoms with Crippen molar-refractivity contribution in [3.8, 4) is 11.5 Å². The highest BCUT2D eigenvalue weighted by Crippen LogP contribution is 2.57. The van der Waals surface area contributed by atoms with Crippen LogP contribution in [-0.4, -0.2) is 24.0 Å². The number of amides is 2. The summed E-state index contributed by atoms with van der Waals surface area (Å²) in [6.07, 6.45) is 3.94. The monoisotopic (exact) mass is 441 g/mol. The van der Waals surface area contributed by atoms with E-state index in [1.54, 1.807) is 31.2 Å². The Morgan fingerprint density at radius 3 is 2.65 bits per heavy atom. The van der Waals surface area contributed by atoms with Crippen LogP contribution in [0.5, 0.6) is 11.5 Å². The van der Waals surface area contributed by atoms with E-state index in [0.717, 1.165) is 16.5 Å². The second-order valence-corrected chi connectivity index (χ2v) is 8.33. The lowest BCUT2D eigenvalue weighted by Crippen LogP contribution is -2.41. The van der Waals surface area contributed by atoms with E-state index in [2.05, 4.69) is 6.58 Å². The zero-order chi connectivity index (χ0) is 22.5. The van der Waals surface area contributed by atoms with Crippen LogP contribution in [0.4, 0.5) is 10.1 Å². The van der Waals surface area contributed by atoms with Crippen molar-refractivity contribution in [3.05, 3.63) is 77.1 Å². The van der Waals surface area contributed by atoms with Crippen molar-refractivity contribution in [3.63, 3.8) is 0 Å². The fourth-order valence-electron chi connectivity index (χ4n) is 4.79. The molecule has 2 aromatic rings. The van der Waals surface area contributed by atoms with Gasteiger partial charge in [-0.25, -0.2) is 9.29 Å². The summed E-state index contributed by atoms with van der Waals surface area (Å²) in [7, 11) is 1.45.